The lowest BCUT2D eigenvalue weighted by atomic mass is 10.2. The predicted octanol–water partition coefficient (Wildman–Crippen LogP) is 2.30. The molecule has 0 amide bonds. The smallest absolute Gasteiger partial charge is 0.305 e. The molecule has 2 rings (SSSR count). The summed E-state index contributed by atoms with van der Waals surface area (Å²) in [7, 11) is 0. The van der Waals surface area contributed by atoms with Gasteiger partial charge in [0, 0.05) is 24.5 Å². The first-order valence-corrected chi connectivity index (χ1v) is 5.26. The van der Waals surface area contributed by atoms with E-state index in [1.54, 1.807) is 10.8 Å². The highest BCUT2D eigenvalue weighted by Gasteiger charge is 2.10. The van der Waals surface area contributed by atoms with Crippen LogP contribution in [-0.4, -0.2) is 20.6 Å². The van der Waals surface area contributed by atoms with Gasteiger partial charge in [-0.25, -0.2) is 13.8 Å². The van der Waals surface area contributed by atoms with E-state index in [2.05, 4.69) is 4.98 Å². The van der Waals surface area contributed by atoms with E-state index in [9.17, 15) is 13.6 Å². The molecular weight excluding hydrogens is 242 g/mol. The zero-order valence-electron chi connectivity index (χ0n) is 9.31. The molecule has 0 radical (unpaired) electrons. The Labute approximate surface area is 102 Å². The topological polar surface area (TPSA) is 55.1 Å². The average molecular weight is 252 g/mol. The second kappa shape index (κ2) is 4.95. The molecule has 0 bridgehead atoms. The van der Waals surface area contributed by atoms with Crippen LogP contribution >= 0.6 is 0 Å². The van der Waals surface area contributed by atoms with Crippen molar-refractivity contribution >= 4 is 5.97 Å². The number of imidazole rings is 1. The minimum Gasteiger partial charge on any atom is -0.481 e. The number of hydrogen-bond donors (Lipinski definition) is 1. The van der Waals surface area contributed by atoms with Gasteiger partial charge in [0.15, 0.2) is 11.6 Å². The quantitative estimate of drug-likeness (QED) is 0.908. The molecule has 0 saturated heterocycles. The van der Waals surface area contributed by atoms with E-state index < -0.39 is 17.6 Å². The van der Waals surface area contributed by atoms with Crippen LogP contribution < -0.4 is 0 Å². The second-order valence-corrected chi connectivity index (χ2v) is 3.72. The number of carboxylic acid groups (broad SMARTS) is 1. The lowest BCUT2D eigenvalue weighted by Gasteiger charge is -2.06. The van der Waals surface area contributed by atoms with Crippen LogP contribution in [0.5, 0.6) is 0 Å². The van der Waals surface area contributed by atoms with Crippen LogP contribution in [0, 0.1) is 11.6 Å². The van der Waals surface area contributed by atoms with Crippen LogP contribution in [0.1, 0.15) is 6.42 Å². The molecular formula is C12H10F2N2O2. The Morgan fingerprint density at radius 1 is 1.33 bits per heavy atom. The Bertz CT molecular complexity index is 581. The van der Waals surface area contributed by atoms with Crippen LogP contribution in [0.15, 0.2) is 30.6 Å². The number of carboxylic acids is 1. The van der Waals surface area contributed by atoms with Crippen molar-refractivity contribution in [1.82, 2.24) is 9.55 Å². The minimum atomic E-state index is -0.958. The lowest BCUT2D eigenvalue weighted by Crippen LogP contribution is -2.05. The average Bonchev–Trinajstić information content (AvgIpc) is 2.78. The summed E-state index contributed by atoms with van der Waals surface area (Å²) < 4.78 is 27.5. The highest BCUT2D eigenvalue weighted by Crippen LogP contribution is 2.20. The highest BCUT2D eigenvalue weighted by molar-refractivity contribution is 5.66. The Hall–Kier alpha value is -2.24. The molecule has 4 nitrogen and oxygen atoms in total. The van der Waals surface area contributed by atoms with Crippen molar-refractivity contribution in [2.75, 3.05) is 0 Å². The number of carbonyl (C=O) groups is 1. The van der Waals surface area contributed by atoms with Gasteiger partial charge in [-0.15, -0.1) is 0 Å². The number of aromatic nitrogens is 2. The maximum atomic E-state index is 13.1. The molecule has 0 aliphatic rings. The van der Waals surface area contributed by atoms with E-state index in [1.807, 2.05) is 0 Å². The van der Waals surface area contributed by atoms with Crippen molar-refractivity contribution in [2.24, 2.45) is 0 Å². The van der Waals surface area contributed by atoms with Gasteiger partial charge in [0.25, 0.3) is 0 Å². The lowest BCUT2D eigenvalue weighted by molar-refractivity contribution is -0.137. The number of aryl methyl sites for hydroxylation is 1. The van der Waals surface area contributed by atoms with Gasteiger partial charge >= 0.3 is 5.97 Å². The molecule has 6 heteroatoms. The fourth-order valence-electron chi connectivity index (χ4n) is 1.60. The van der Waals surface area contributed by atoms with Crippen LogP contribution in [0.3, 0.4) is 0 Å². The molecule has 1 aromatic carbocycles. The Balaban J connectivity index is 2.30. The minimum absolute atomic E-state index is 0.0625. The summed E-state index contributed by atoms with van der Waals surface area (Å²) in [6.07, 6.45) is 3.02. The number of aliphatic carboxylic acids is 1. The standard InChI is InChI=1S/C12H10F2N2O2/c13-9-2-1-8(7-10(9)14)12-15-4-6-16(12)5-3-11(17)18/h1-2,4,6-7H,3,5H2,(H,17,18). The molecule has 18 heavy (non-hydrogen) atoms. The van der Waals surface area contributed by atoms with Gasteiger partial charge in [0.05, 0.1) is 6.42 Å². The Morgan fingerprint density at radius 2 is 2.11 bits per heavy atom. The molecule has 0 unspecified atom stereocenters. The van der Waals surface area contributed by atoms with E-state index in [4.69, 9.17) is 5.11 Å². The molecule has 0 aliphatic carbocycles. The number of hydrogen-bond acceptors (Lipinski definition) is 2. The molecule has 94 valence electrons. The van der Waals surface area contributed by atoms with Crippen molar-refractivity contribution in [3.63, 3.8) is 0 Å². The van der Waals surface area contributed by atoms with Gasteiger partial charge in [-0.3, -0.25) is 4.79 Å². The SMILES string of the molecule is O=C(O)CCn1ccnc1-c1ccc(F)c(F)c1. The van der Waals surface area contributed by atoms with E-state index in [1.165, 1.54) is 12.3 Å². The van der Waals surface area contributed by atoms with Crippen LogP contribution in [-0.2, 0) is 11.3 Å². The summed E-state index contributed by atoms with van der Waals surface area (Å²) in [4.78, 5) is 14.5. The van der Waals surface area contributed by atoms with Gasteiger partial charge in [0.2, 0.25) is 0 Å². The molecule has 1 heterocycles. The summed E-state index contributed by atoms with van der Waals surface area (Å²) in [5.74, 6) is -2.40. The van der Waals surface area contributed by atoms with Gasteiger partial charge in [-0.05, 0) is 18.2 Å². The van der Waals surface area contributed by atoms with E-state index >= 15 is 0 Å². The molecule has 2 aromatic rings. The first kappa shape index (κ1) is 12.2. The van der Waals surface area contributed by atoms with Crippen molar-refractivity contribution in [2.45, 2.75) is 13.0 Å². The zero-order valence-corrected chi connectivity index (χ0v) is 9.31. The van der Waals surface area contributed by atoms with Gasteiger partial charge in [-0.1, -0.05) is 0 Å². The van der Waals surface area contributed by atoms with Crippen molar-refractivity contribution in [3.8, 4) is 11.4 Å². The molecule has 0 saturated carbocycles. The first-order chi connectivity index (χ1) is 8.58. The molecule has 0 spiro atoms. The fourth-order valence-corrected chi connectivity index (χ4v) is 1.60. The van der Waals surface area contributed by atoms with Gasteiger partial charge < -0.3 is 9.67 Å². The van der Waals surface area contributed by atoms with E-state index in [0.29, 0.717) is 11.4 Å². The summed E-state index contributed by atoms with van der Waals surface area (Å²) in [5.41, 5.74) is 0.407. The van der Waals surface area contributed by atoms with Gasteiger partial charge in [0.1, 0.15) is 5.82 Å². The summed E-state index contributed by atoms with van der Waals surface area (Å²) in [6, 6.07) is 3.45. The number of rotatable bonds is 4. The van der Waals surface area contributed by atoms with Crippen molar-refractivity contribution in [1.29, 1.82) is 0 Å². The highest BCUT2D eigenvalue weighted by atomic mass is 19.2. The maximum Gasteiger partial charge on any atom is 0.305 e. The van der Waals surface area contributed by atoms with E-state index in [0.717, 1.165) is 12.1 Å². The first-order valence-electron chi connectivity index (χ1n) is 5.26. The van der Waals surface area contributed by atoms with Crippen LogP contribution in [0.25, 0.3) is 11.4 Å². The molecule has 0 atom stereocenters. The predicted molar refractivity (Wildman–Crippen MR) is 59.8 cm³/mol. The normalized spacial score (nSPS) is 10.6. The van der Waals surface area contributed by atoms with Crippen molar-refractivity contribution in [3.05, 3.63) is 42.2 Å². The summed E-state index contributed by atoms with van der Waals surface area (Å²) in [6.45, 7) is 0.226. The second-order valence-electron chi connectivity index (χ2n) is 3.72. The fraction of sp³-hybridized carbons (Fsp3) is 0.167. The number of halogens is 2. The van der Waals surface area contributed by atoms with Crippen LogP contribution in [0.2, 0.25) is 0 Å². The summed E-state index contributed by atoms with van der Waals surface area (Å²) in [5, 5.41) is 8.61. The third kappa shape index (κ3) is 2.53. The van der Waals surface area contributed by atoms with Crippen molar-refractivity contribution < 1.29 is 18.7 Å². The maximum absolute atomic E-state index is 13.1. The summed E-state index contributed by atoms with van der Waals surface area (Å²) >= 11 is 0. The number of benzene rings is 1. The zero-order chi connectivity index (χ0) is 13.1. The third-order valence-corrected chi connectivity index (χ3v) is 2.46. The Kier molecular flexibility index (Phi) is 3.36. The Morgan fingerprint density at radius 3 is 2.78 bits per heavy atom. The number of nitrogens with zero attached hydrogens (tertiary/aromatic N) is 2. The molecule has 1 aromatic heterocycles. The van der Waals surface area contributed by atoms with E-state index in [-0.39, 0.29) is 13.0 Å². The monoisotopic (exact) mass is 252 g/mol. The molecule has 0 aliphatic heterocycles. The van der Waals surface area contributed by atoms with Gasteiger partial charge in [-0.2, -0.15) is 0 Å². The largest absolute Gasteiger partial charge is 0.481 e. The molecule has 0 fully saturated rings. The van der Waals surface area contributed by atoms with Crippen LogP contribution in [0.4, 0.5) is 8.78 Å². The third-order valence-electron chi connectivity index (χ3n) is 2.46. The molecule has 1 N–H and O–H groups in total.